The number of aliphatic hydroxyl groups excluding tert-OH is 1. The van der Waals surface area contributed by atoms with Crippen molar-refractivity contribution in [2.45, 2.75) is 141 Å². The zero-order valence-corrected chi connectivity index (χ0v) is 38.8. The smallest absolute Gasteiger partial charge is 0.266 e. The number of carbonyl (C=O) groups excluding carboxylic acids is 9. The summed E-state index contributed by atoms with van der Waals surface area (Å²) in [6.45, 7) is 5.45. The van der Waals surface area contributed by atoms with Gasteiger partial charge in [-0.25, -0.2) is 0 Å². The fourth-order valence-electron chi connectivity index (χ4n) is 8.06. The zero-order valence-electron chi connectivity index (χ0n) is 37.8. The molecule has 0 saturated carbocycles. The molecule has 2 aromatic rings. The Kier molecular flexibility index (Phi) is 22.4. The van der Waals surface area contributed by atoms with Crippen molar-refractivity contribution in [3.05, 3.63) is 58.7 Å². The van der Waals surface area contributed by atoms with E-state index in [1.807, 2.05) is 0 Å². The van der Waals surface area contributed by atoms with Gasteiger partial charge in [-0.3, -0.25) is 58.8 Å². The van der Waals surface area contributed by atoms with E-state index in [-0.39, 0.29) is 54.5 Å². The Balaban J connectivity index is 0.000000268. The summed E-state index contributed by atoms with van der Waals surface area (Å²) in [4.78, 5) is 111. The molecule has 2 saturated heterocycles. The first kappa shape index (κ1) is 52.3. The standard InChI is InChI=1S/C23H30N2O6.C23H28N2O6.C2H7P/c2*26-14-7-5-3-1-2-4-6-8-15-31-18-11-9-10-16-20(18)23(30)25(22(16)29)17-12-13-19(27)24-21(17)28;1-3-2/h9-11,17,26H,1-8,12-15H2,(H,24,27,28);9-11,14,17H,1-8,12-13,15H2,(H,24,27,28);3H,1-2H3. The molecule has 16 nitrogen and oxygen atoms in total. The first-order valence-corrected chi connectivity index (χ1v) is 25.1. The van der Waals surface area contributed by atoms with Gasteiger partial charge in [0.25, 0.3) is 23.6 Å². The normalized spacial score (nSPS) is 17.7. The summed E-state index contributed by atoms with van der Waals surface area (Å²) in [7, 11) is 1.08. The van der Waals surface area contributed by atoms with E-state index in [1.54, 1.807) is 36.4 Å². The van der Waals surface area contributed by atoms with Crippen LogP contribution in [0.15, 0.2) is 36.4 Å². The van der Waals surface area contributed by atoms with Gasteiger partial charge in [0.2, 0.25) is 23.6 Å². The molecule has 2 aromatic carbocycles. The second kappa shape index (κ2) is 27.9. The summed E-state index contributed by atoms with van der Waals surface area (Å²) >= 11 is 0. The third-order valence-corrected chi connectivity index (χ3v) is 11.4. The Morgan fingerprint density at radius 1 is 0.569 bits per heavy atom. The maximum atomic E-state index is 13.0. The zero-order chi connectivity index (χ0) is 47.1. The quantitative estimate of drug-likeness (QED) is 0.0458. The molecule has 0 aromatic heterocycles. The molecule has 0 spiro atoms. The molecule has 4 aliphatic rings. The third-order valence-electron chi connectivity index (χ3n) is 11.4. The molecule has 8 amide bonds. The van der Waals surface area contributed by atoms with Crippen LogP contribution in [0.1, 0.15) is 170 Å². The number of rotatable bonds is 24. The lowest BCUT2D eigenvalue weighted by molar-refractivity contribution is -0.137. The third kappa shape index (κ3) is 14.8. The molecule has 354 valence electrons. The van der Waals surface area contributed by atoms with E-state index in [4.69, 9.17) is 14.6 Å². The number of aliphatic hydroxyl groups is 1. The van der Waals surface area contributed by atoms with Crippen molar-refractivity contribution in [3.8, 4) is 11.5 Å². The highest BCUT2D eigenvalue weighted by molar-refractivity contribution is 7.35. The molecule has 3 N–H and O–H groups in total. The second-order valence-electron chi connectivity index (χ2n) is 16.4. The highest BCUT2D eigenvalue weighted by atomic mass is 31.1. The van der Waals surface area contributed by atoms with Gasteiger partial charge in [0.1, 0.15) is 29.9 Å². The number of benzene rings is 2. The number of nitrogens with zero attached hydrogens (tertiary/aromatic N) is 2. The van der Waals surface area contributed by atoms with Crippen molar-refractivity contribution in [3.63, 3.8) is 0 Å². The van der Waals surface area contributed by atoms with Crippen LogP contribution in [0.25, 0.3) is 0 Å². The lowest BCUT2D eigenvalue weighted by Gasteiger charge is -2.27. The van der Waals surface area contributed by atoms with Gasteiger partial charge >= 0.3 is 0 Å². The molecular weight excluding hydrogens is 856 g/mol. The number of hydrogen-bond acceptors (Lipinski definition) is 12. The predicted octanol–water partition coefficient (Wildman–Crippen LogP) is 6.29. The number of imide groups is 4. The van der Waals surface area contributed by atoms with Gasteiger partial charge in [-0.1, -0.05) is 82.8 Å². The van der Waals surface area contributed by atoms with Crippen LogP contribution >= 0.6 is 8.58 Å². The molecular formula is C48H65N4O12P. The van der Waals surface area contributed by atoms with Crippen LogP contribution in [0, 0.1) is 0 Å². The summed E-state index contributed by atoms with van der Waals surface area (Å²) in [5, 5.41) is 13.2. The number of piperidine rings is 2. The van der Waals surface area contributed by atoms with Gasteiger partial charge in [-0.05, 0) is 76.1 Å². The Hall–Kier alpha value is -5.34. The first-order chi connectivity index (χ1) is 31.5. The van der Waals surface area contributed by atoms with Gasteiger partial charge in [-0.15, -0.1) is 8.58 Å². The minimum Gasteiger partial charge on any atom is -0.493 e. The fourth-order valence-corrected chi connectivity index (χ4v) is 8.06. The Bertz CT molecular complexity index is 2010. The molecule has 0 radical (unpaired) electrons. The van der Waals surface area contributed by atoms with E-state index in [0.717, 1.165) is 115 Å². The van der Waals surface area contributed by atoms with E-state index in [1.165, 1.54) is 6.42 Å². The van der Waals surface area contributed by atoms with Gasteiger partial charge in [0, 0.05) is 25.9 Å². The lowest BCUT2D eigenvalue weighted by atomic mass is 10.0. The second-order valence-corrected chi connectivity index (χ2v) is 17.4. The number of ether oxygens (including phenoxy) is 2. The Morgan fingerprint density at radius 3 is 1.31 bits per heavy atom. The minimum absolute atomic E-state index is 0.0876. The molecule has 0 aliphatic carbocycles. The van der Waals surface area contributed by atoms with Crippen molar-refractivity contribution >= 4 is 62.1 Å². The van der Waals surface area contributed by atoms with Crippen LogP contribution in [0.5, 0.6) is 11.5 Å². The van der Waals surface area contributed by atoms with Gasteiger partial charge in [0.15, 0.2) is 0 Å². The van der Waals surface area contributed by atoms with Crippen LogP contribution in [0.3, 0.4) is 0 Å². The van der Waals surface area contributed by atoms with Crippen molar-refractivity contribution in [2.24, 2.45) is 0 Å². The predicted molar refractivity (Wildman–Crippen MR) is 244 cm³/mol. The molecule has 2 fully saturated rings. The maximum Gasteiger partial charge on any atom is 0.266 e. The molecule has 2 unspecified atom stereocenters. The number of hydrogen-bond donors (Lipinski definition) is 3. The topological polar surface area (TPSA) is 223 Å². The highest BCUT2D eigenvalue weighted by Crippen LogP contribution is 2.35. The van der Waals surface area contributed by atoms with E-state index in [0.29, 0.717) is 31.1 Å². The Labute approximate surface area is 383 Å². The monoisotopic (exact) mass is 920 g/mol. The summed E-state index contributed by atoms with van der Waals surface area (Å²) in [6.07, 6.45) is 17.6. The molecule has 4 aliphatic heterocycles. The van der Waals surface area contributed by atoms with Crippen LogP contribution < -0.4 is 20.1 Å². The Morgan fingerprint density at radius 2 is 0.938 bits per heavy atom. The summed E-state index contributed by atoms with van der Waals surface area (Å²) in [5.41, 5.74) is 0.839. The van der Waals surface area contributed by atoms with E-state index >= 15 is 0 Å². The van der Waals surface area contributed by atoms with E-state index < -0.39 is 59.3 Å². The highest BCUT2D eigenvalue weighted by Gasteiger charge is 2.47. The molecule has 2 atom stereocenters. The molecule has 17 heteroatoms. The molecule has 6 rings (SSSR count). The van der Waals surface area contributed by atoms with Crippen LogP contribution in [0.4, 0.5) is 0 Å². The summed E-state index contributed by atoms with van der Waals surface area (Å²) in [5.74, 6) is -3.50. The van der Waals surface area contributed by atoms with E-state index in [2.05, 4.69) is 24.0 Å². The average Bonchev–Trinajstić information content (AvgIpc) is 3.69. The van der Waals surface area contributed by atoms with E-state index in [9.17, 15) is 43.2 Å². The number of carbonyl (C=O) groups is 9. The van der Waals surface area contributed by atoms with Gasteiger partial charge in [0.05, 0.1) is 35.5 Å². The van der Waals surface area contributed by atoms with Crippen molar-refractivity contribution in [1.29, 1.82) is 0 Å². The van der Waals surface area contributed by atoms with Crippen molar-refractivity contribution < 1.29 is 57.7 Å². The van der Waals surface area contributed by atoms with Crippen LogP contribution in [0.2, 0.25) is 0 Å². The summed E-state index contributed by atoms with van der Waals surface area (Å²) < 4.78 is 11.6. The van der Waals surface area contributed by atoms with Crippen LogP contribution in [-0.2, 0) is 24.0 Å². The number of unbranched alkanes of at least 4 members (excludes halogenated alkanes) is 14. The van der Waals surface area contributed by atoms with Crippen molar-refractivity contribution in [2.75, 3.05) is 33.2 Å². The van der Waals surface area contributed by atoms with Crippen molar-refractivity contribution in [1.82, 2.24) is 20.4 Å². The summed E-state index contributed by atoms with van der Waals surface area (Å²) in [6, 6.07) is 7.81. The molecule has 4 heterocycles. The minimum atomic E-state index is -0.982. The fraction of sp³-hybridized carbons (Fsp3) is 0.562. The number of aldehydes is 1. The number of amides is 8. The maximum absolute atomic E-state index is 13.0. The largest absolute Gasteiger partial charge is 0.493 e. The first-order valence-electron chi connectivity index (χ1n) is 23.1. The number of fused-ring (bicyclic) bond motifs is 2. The number of nitrogens with one attached hydrogen (secondary N) is 2. The van der Waals surface area contributed by atoms with Crippen LogP contribution in [-0.4, -0.2) is 114 Å². The average molecular weight is 921 g/mol. The SMILES string of the molecule is CPC.O=C1CCC(N2C(=O)c3cccc(OCCCCCCCCCCO)c3C2=O)C(=O)N1.O=CCCCCCCCCCOc1cccc2c1C(=O)N(C1CCC(=O)NC1=O)C2=O. The lowest BCUT2D eigenvalue weighted by Crippen LogP contribution is -2.54. The molecule has 0 bridgehead atoms. The van der Waals surface area contributed by atoms with Gasteiger partial charge in [-0.2, -0.15) is 0 Å². The molecule has 65 heavy (non-hydrogen) atoms. The van der Waals surface area contributed by atoms with Gasteiger partial charge < -0.3 is 19.4 Å².